The maximum Gasteiger partial charge on any atom is 0.264 e. The van der Waals surface area contributed by atoms with E-state index in [1.807, 2.05) is 32.9 Å². The third-order valence-electron chi connectivity index (χ3n) is 7.11. The quantitative estimate of drug-likeness (QED) is 0.248. The van der Waals surface area contributed by atoms with Crippen molar-refractivity contribution in [3.8, 4) is 0 Å². The molecule has 0 heterocycles. The Hall–Kier alpha value is -3.36. The topological polar surface area (TPSA) is 86.8 Å². The Bertz CT molecular complexity index is 1400. The molecular formula is C32H40ClN3O4S. The number of carbonyl (C=O) groups excluding carboxylic acids is 2. The number of sulfonamides is 1. The van der Waals surface area contributed by atoms with Gasteiger partial charge in [-0.2, -0.15) is 0 Å². The second-order valence-corrected chi connectivity index (χ2v) is 12.8. The summed E-state index contributed by atoms with van der Waals surface area (Å²) in [6.45, 7) is 9.48. The van der Waals surface area contributed by atoms with E-state index in [9.17, 15) is 18.0 Å². The van der Waals surface area contributed by atoms with E-state index in [0.29, 0.717) is 17.1 Å². The molecule has 0 aromatic heterocycles. The number of rotatable bonds is 13. The van der Waals surface area contributed by atoms with Crippen LogP contribution in [0.2, 0.25) is 5.02 Å². The van der Waals surface area contributed by atoms with E-state index in [2.05, 4.69) is 19.2 Å². The van der Waals surface area contributed by atoms with Gasteiger partial charge >= 0.3 is 0 Å². The normalized spacial score (nSPS) is 13.0. The molecule has 9 heteroatoms. The average molecular weight is 598 g/mol. The lowest BCUT2D eigenvalue weighted by Crippen LogP contribution is -2.53. The standard InChI is InChI=1S/C32H40ClN3O4S/c1-6-24(5)34-32(38)30(7-2)35(21-25-13-17-27(33)18-14-25)31(37)22-36(28-19-15-26(16-20-28)23(3)4)41(39,40)29-11-9-8-10-12-29/h8-20,23-24,30H,6-7,21-22H2,1-5H3,(H,34,38)/t24-,30-/m1/s1. The summed E-state index contributed by atoms with van der Waals surface area (Å²) in [6.07, 6.45) is 1.10. The van der Waals surface area contributed by atoms with Crippen LogP contribution in [0.5, 0.6) is 0 Å². The molecule has 1 N–H and O–H groups in total. The Kier molecular flexibility index (Phi) is 11.4. The molecule has 3 aromatic rings. The van der Waals surface area contributed by atoms with Crippen LogP contribution < -0.4 is 9.62 Å². The molecule has 0 radical (unpaired) electrons. The van der Waals surface area contributed by atoms with Gasteiger partial charge in [0.25, 0.3) is 10.0 Å². The van der Waals surface area contributed by atoms with Crippen LogP contribution in [-0.2, 0) is 26.2 Å². The van der Waals surface area contributed by atoms with Gasteiger partial charge in [-0.25, -0.2) is 8.42 Å². The summed E-state index contributed by atoms with van der Waals surface area (Å²) in [5.74, 6) is -0.504. The van der Waals surface area contributed by atoms with E-state index < -0.39 is 28.5 Å². The zero-order valence-corrected chi connectivity index (χ0v) is 26.0. The van der Waals surface area contributed by atoms with Crippen LogP contribution in [0.4, 0.5) is 5.69 Å². The molecule has 0 unspecified atom stereocenters. The minimum Gasteiger partial charge on any atom is -0.352 e. The molecule has 0 spiro atoms. The summed E-state index contributed by atoms with van der Waals surface area (Å²) < 4.78 is 29.0. The predicted octanol–water partition coefficient (Wildman–Crippen LogP) is 6.38. The van der Waals surface area contributed by atoms with Gasteiger partial charge in [0.2, 0.25) is 11.8 Å². The van der Waals surface area contributed by atoms with Crippen molar-refractivity contribution in [1.29, 1.82) is 0 Å². The lowest BCUT2D eigenvalue weighted by Gasteiger charge is -2.33. The summed E-state index contributed by atoms with van der Waals surface area (Å²) in [4.78, 5) is 29.0. The molecule has 3 rings (SSSR count). The molecule has 0 saturated heterocycles. The number of carbonyl (C=O) groups is 2. The Morgan fingerprint density at radius 2 is 1.46 bits per heavy atom. The molecule has 7 nitrogen and oxygen atoms in total. The summed E-state index contributed by atoms with van der Waals surface area (Å²) in [5.41, 5.74) is 2.20. The summed E-state index contributed by atoms with van der Waals surface area (Å²) in [6, 6.07) is 21.4. The van der Waals surface area contributed by atoms with Crippen molar-refractivity contribution >= 4 is 39.1 Å². The van der Waals surface area contributed by atoms with E-state index in [0.717, 1.165) is 21.9 Å². The number of halogens is 1. The number of hydrogen-bond acceptors (Lipinski definition) is 4. The van der Waals surface area contributed by atoms with Crippen LogP contribution in [0.15, 0.2) is 83.8 Å². The van der Waals surface area contributed by atoms with Crippen LogP contribution >= 0.6 is 11.6 Å². The van der Waals surface area contributed by atoms with Crippen molar-refractivity contribution < 1.29 is 18.0 Å². The first kappa shape index (κ1) is 32.2. The Balaban J connectivity index is 2.05. The molecule has 0 aliphatic rings. The highest BCUT2D eigenvalue weighted by Crippen LogP contribution is 2.27. The number of nitrogens with one attached hydrogen (secondary N) is 1. The Labute approximate surface area is 249 Å². The maximum atomic E-state index is 14.1. The van der Waals surface area contributed by atoms with Crippen LogP contribution in [0.3, 0.4) is 0 Å². The summed E-state index contributed by atoms with van der Waals surface area (Å²) >= 11 is 6.08. The van der Waals surface area contributed by atoms with Gasteiger partial charge in [-0.3, -0.25) is 13.9 Å². The van der Waals surface area contributed by atoms with Crippen LogP contribution in [0.1, 0.15) is 64.5 Å². The summed E-state index contributed by atoms with van der Waals surface area (Å²) in [5, 5.41) is 3.54. The number of amides is 2. The first-order valence-electron chi connectivity index (χ1n) is 14.0. The highest BCUT2D eigenvalue weighted by Gasteiger charge is 2.34. The van der Waals surface area contributed by atoms with E-state index in [-0.39, 0.29) is 29.3 Å². The first-order chi connectivity index (χ1) is 19.5. The van der Waals surface area contributed by atoms with Gasteiger partial charge in [0.15, 0.2) is 0 Å². The van der Waals surface area contributed by atoms with Crippen molar-refractivity contribution in [3.05, 3.63) is 95.0 Å². The smallest absolute Gasteiger partial charge is 0.264 e. The van der Waals surface area contributed by atoms with Crippen LogP contribution in [0, 0.1) is 0 Å². The number of anilines is 1. The zero-order chi connectivity index (χ0) is 30.2. The van der Waals surface area contributed by atoms with Crippen molar-refractivity contribution in [2.45, 2.75) is 76.9 Å². The minimum absolute atomic E-state index is 0.0709. The molecule has 0 bridgehead atoms. The Morgan fingerprint density at radius 3 is 2.00 bits per heavy atom. The first-order valence-corrected chi connectivity index (χ1v) is 15.8. The molecule has 3 aromatic carbocycles. The second kappa shape index (κ2) is 14.5. The van der Waals surface area contributed by atoms with Crippen LogP contribution in [-0.4, -0.2) is 43.8 Å². The molecule has 0 aliphatic carbocycles. The van der Waals surface area contributed by atoms with Crippen molar-refractivity contribution in [3.63, 3.8) is 0 Å². The monoisotopic (exact) mass is 597 g/mol. The van der Waals surface area contributed by atoms with Gasteiger partial charge in [-0.15, -0.1) is 0 Å². The van der Waals surface area contributed by atoms with E-state index in [1.165, 1.54) is 17.0 Å². The highest BCUT2D eigenvalue weighted by molar-refractivity contribution is 7.92. The molecule has 0 fully saturated rings. The average Bonchev–Trinajstić information content (AvgIpc) is 2.97. The SMILES string of the molecule is CC[C@@H](C)NC(=O)[C@@H](CC)N(Cc1ccc(Cl)cc1)C(=O)CN(c1ccc(C(C)C)cc1)S(=O)(=O)c1ccccc1. The van der Waals surface area contributed by atoms with Gasteiger partial charge in [0.1, 0.15) is 12.6 Å². The summed E-state index contributed by atoms with van der Waals surface area (Å²) in [7, 11) is -4.10. The van der Waals surface area contributed by atoms with E-state index in [4.69, 9.17) is 11.6 Å². The zero-order valence-electron chi connectivity index (χ0n) is 24.4. The molecular weight excluding hydrogens is 558 g/mol. The fourth-order valence-corrected chi connectivity index (χ4v) is 5.98. The molecule has 0 aliphatic heterocycles. The van der Waals surface area contributed by atoms with Gasteiger partial charge < -0.3 is 10.2 Å². The van der Waals surface area contributed by atoms with E-state index >= 15 is 0 Å². The molecule has 220 valence electrons. The van der Waals surface area contributed by atoms with Gasteiger partial charge in [-0.1, -0.05) is 81.8 Å². The third kappa shape index (κ3) is 8.33. The number of nitrogens with zero attached hydrogens (tertiary/aromatic N) is 2. The van der Waals surface area contributed by atoms with Crippen molar-refractivity contribution in [2.24, 2.45) is 0 Å². The minimum atomic E-state index is -4.10. The van der Waals surface area contributed by atoms with Crippen molar-refractivity contribution in [2.75, 3.05) is 10.8 Å². The van der Waals surface area contributed by atoms with E-state index in [1.54, 1.807) is 54.6 Å². The van der Waals surface area contributed by atoms with Crippen molar-refractivity contribution in [1.82, 2.24) is 10.2 Å². The second-order valence-electron chi connectivity index (χ2n) is 10.5. The lowest BCUT2D eigenvalue weighted by atomic mass is 10.0. The largest absolute Gasteiger partial charge is 0.352 e. The third-order valence-corrected chi connectivity index (χ3v) is 9.15. The molecule has 41 heavy (non-hydrogen) atoms. The lowest BCUT2D eigenvalue weighted by molar-refractivity contribution is -0.140. The van der Waals surface area contributed by atoms with Gasteiger partial charge in [0, 0.05) is 17.6 Å². The van der Waals surface area contributed by atoms with Gasteiger partial charge in [-0.05, 0) is 73.2 Å². The maximum absolute atomic E-state index is 14.1. The Morgan fingerprint density at radius 1 is 0.854 bits per heavy atom. The fourth-order valence-electron chi connectivity index (χ4n) is 4.42. The van der Waals surface area contributed by atoms with Gasteiger partial charge in [0.05, 0.1) is 10.6 Å². The highest BCUT2D eigenvalue weighted by atomic mass is 35.5. The number of hydrogen-bond donors (Lipinski definition) is 1. The molecule has 0 saturated carbocycles. The number of benzene rings is 3. The fraction of sp³-hybridized carbons (Fsp3) is 0.375. The predicted molar refractivity (Wildman–Crippen MR) is 165 cm³/mol. The molecule has 2 atom stereocenters. The molecule has 2 amide bonds. The van der Waals surface area contributed by atoms with Crippen LogP contribution in [0.25, 0.3) is 0 Å².